The van der Waals surface area contributed by atoms with Gasteiger partial charge in [-0.2, -0.15) is 0 Å². The Hall–Kier alpha value is -2.64. The number of rotatable bonds is 4. The number of anilines is 1. The standard InChI is InChI=1S/C24H27N5O2/c1-2-4-20-16(3-1)22(19(12-31-20)29-10-15-7-8-30-21(15)11-29)28-24-17-9-18(14-5-6-14)27-23(17)25-13-26-24/h1-4,9,13-15,19,21-22H,5-8,10-12H2,(H2,25,26,27,28). The average Bonchev–Trinajstić information content (AvgIpc) is 3.20. The van der Waals surface area contributed by atoms with Crippen LogP contribution in [0.3, 0.4) is 0 Å². The van der Waals surface area contributed by atoms with Gasteiger partial charge in [-0.3, -0.25) is 4.90 Å². The van der Waals surface area contributed by atoms with Gasteiger partial charge in [-0.05, 0) is 37.3 Å². The Kier molecular flexibility index (Phi) is 4.02. The third-order valence-corrected chi connectivity index (χ3v) is 7.50. The van der Waals surface area contributed by atoms with E-state index in [1.807, 2.05) is 6.07 Å². The summed E-state index contributed by atoms with van der Waals surface area (Å²) >= 11 is 0. The molecule has 160 valence electrons. The largest absolute Gasteiger partial charge is 0.491 e. The van der Waals surface area contributed by atoms with Crippen LogP contribution in [0.2, 0.25) is 0 Å². The maximum Gasteiger partial charge on any atom is 0.143 e. The number of nitrogens with zero attached hydrogens (tertiary/aromatic N) is 3. The fourth-order valence-electron chi connectivity index (χ4n) is 5.66. The highest BCUT2D eigenvalue weighted by Gasteiger charge is 2.44. The van der Waals surface area contributed by atoms with E-state index in [4.69, 9.17) is 9.47 Å². The monoisotopic (exact) mass is 417 g/mol. The Bertz CT molecular complexity index is 1110. The van der Waals surface area contributed by atoms with Gasteiger partial charge in [0.15, 0.2) is 0 Å². The smallest absolute Gasteiger partial charge is 0.143 e. The normalized spacial score (nSPS) is 30.2. The van der Waals surface area contributed by atoms with E-state index in [-0.39, 0.29) is 12.1 Å². The molecular formula is C24H27N5O2. The molecule has 1 saturated carbocycles. The molecule has 7 rings (SSSR count). The number of hydrogen-bond acceptors (Lipinski definition) is 6. The summed E-state index contributed by atoms with van der Waals surface area (Å²) in [5.41, 5.74) is 3.40. The van der Waals surface area contributed by atoms with E-state index in [2.05, 4.69) is 49.4 Å². The molecule has 3 aliphatic heterocycles. The first-order valence-corrected chi connectivity index (χ1v) is 11.5. The molecule has 5 heterocycles. The van der Waals surface area contributed by atoms with Gasteiger partial charge < -0.3 is 19.8 Å². The minimum atomic E-state index is 0.0983. The van der Waals surface area contributed by atoms with Gasteiger partial charge in [-0.15, -0.1) is 0 Å². The summed E-state index contributed by atoms with van der Waals surface area (Å²) in [5, 5.41) is 4.89. The van der Waals surface area contributed by atoms with E-state index in [9.17, 15) is 0 Å². The Balaban J connectivity index is 1.25. The number of likely N-dealkylation sites (tertiary alicyclic amines) is 1. The zero-order chi connectivity index (χ0) is 20.4. The quantitative estimate of drug-likeness (QED) is 0.677. The highest BCUT2D eigenvalue weighted by molar-refractivity contribution is 5.88. The molecule has 0 bridgehead atoms. The van der Waals surface area contributed by atoms with E-state index >= 15 is 0 Å². The lowest BCUT2D eigenvalue weighted by molar-refractivity contribution is 0.0725. The fourth-order valence-corrected chi connectivity index (χ4v) is 5.66. The van der Waals surface area contributed by atoms with Crippen LogP contribution in [0, 0.1) is 5.92 Å². The minimum absolute atomic E-state index is 0.0983. The van der Waals surface area contributed by atoms with Crippen molar-refractivity contribution < 1.29 is 9.47 Å². The number of H-pyrrole nitrogens is 1. The van der Waals surface area contributed by atoms with Crippen LogP contribution in [-0.4, -0.2) is 58.3 Å². The van der Waals surface area contributed by atoms with Crippen LogP contribution in [0.5, 0.6) is 5.75 Å². The summed E-state index contributed by atoms with van der Waals surface area (Å²) in [6, 6.07) is 11.0. The molecule has 4 unspecified atom stereocenters. The zero-order valence-electron chi connectivity index (χ0n) is 17.5. The van der Waals surface area contributed by atoms with Crippen LogP contribution in [0.4, 0.5) is 5.82 Å². The van der Waals surface area contributed by atoms with Crippen molar-refractivity contribution in [2.45, 2.75) is 43.4 Å². The van der Waals surface area contributed by atoms with Crippen molar-refractivity contribution in [3.05, 3.63) is 47.9 Å². The van der Waals surface area contributed by atoms with Crippen molar-refractivity contribution in [1.82, 2.24) is 19.9 Å². The number of benzene rings is 1. The summed E-state index contributed by atoms with van der Waals surface area (Å²) < 4.78 is 12.2. The van der Waals surface area contributed by atoms with Gasteiger partial charge in [-0.1, -0.05) is 18.2 Å². The van der Waals surface area contributed by atoms with Crippen LogP contribution in [0.15, 0.2) is 36.7 Å². The van der Waals surface area contributed by atoms with Crippen LogP contribution in [0.1, 0.15) is 42.5 Å². The van der Waals surface area contributed by atoms with E-state index in [1.165, 1.54) is 30.5 Å². The van der Waals surface area contributed by atoms with Gasteiger partial charge in [0.2, 0.25) is 0 Å². The van der Waals surface area contributed by atoms with Crippen molar-refractivity contribution in [3.8, 4) is 5.75 Å². The van der Waals surface area contributed by atoms with Crippen LogP contribution in [0.25, 0.3) is 11.0 Å². The highest BCUT2D eigenvalue weighted by Crippen LogP contribution is 2.43. The van der Waals surface area contributed by atoms with Gasteiger partial charge in [-0.25, -0.2) is 9.97 Å². The first-order valence-electron chi connectivity index (χ1n) is 11.5. The summed E-state index contributed by atoms with van der Waals surface area (Å²) in [7, 11) is 0. The van der Waals surface area contributed by atoms with Crippen molar-refractivity contribution in [1.29, 1.82) is 0 Å². The summed E-state index contributed by atoms with van der Waals surface area (Å²) in [5.74, 6) is 3.16. The SMILES string of the molecule is c1ccc2c(c1)OCC(N1CC3CCOC3C1)C2Nc1ncnc2[nH]c(C3CC3)cc12. The molecule has 0 spiro atoms. The molecule has 4 aliphatic rings. The topological polar surface area (TPSA) is 75.3 Å². The number of aromatic amines is 1. The van der Waals surface area contributed by atoms with E-state index in [0.29, 0.717) is 24.5 Å². The van der Waals surface area contributed by atoms with E-state index in [1.54, 1.807) is 6.33 Å². The molecule has 7 nitrogen and oxygen atoms in total. The van der Waals surface area contributed by atoms with Crippen molar-refractivity contribution in [2.24, 2.45) is 5.92 Å². The minimum Gasteiger partial charge on any atom is -0.491 e. The molecule has 2 saturated heterocycles. The van der Waals surface area contributed by atoms with Crippen molar-refractivity contribution >= 4 is 16.9 Å². The third kappa shape index (κ3) is 3.02. The molecule has 1 aliphatic carbocycles. The van der Waals surface area contributed by atoms with E-state index < -0.39 is 0 Å². The average molecular weight is 418 g/mol. The summed E-state index contributed by atoms with van der Waals surface area (Å²) in [4.78, 5) is 15.2. The maximum absolute atomic E-state index is 6.21. The predicted octanol–water partition coefficient (Wildman–Crippen LogP) is 3.47. The number of aromatic nitrogens is 3. The van der Waals surface area contributed by atoms with Crippen LogP contribution < -0.4 is 10.1 Å². The van der Waals surface area contributed by atoms with Crippen LogP contribution in [-0.2, 0) is 4.74 Å². The molecule has 2 aromatic heterocycles. The third-order valence-electron chi connectivity index (χ3n) is 7.50. The molecule has 1 aromatic carbocycles. The van der Waals surface area contributed by atoms with Crippen LogP contribution >= 0.6 is 0 Å². The number of fused-ring (bicyclic) bond motifs is 3. The summed E-state index contributed by atoms with van der Waals surface area (Å²) in [6.45, 7) is 3.63. The number of ether oxygens (including phenoxy) is 2. The lowest BCUT2D eigenvalue weighted by Gasteiger charge is -2.39. The Morgan fingerprint density at radius 2 is 2.03 bits per heavy atom. The second kappa shape index (κ2) is 6.93. The molecule has 3 fully saturated rings. The van der Waals surface area contributed by atoms with Gasteiger partial charge in [0.25, 0.3) is 0 Å². The molecule has 3 aromatic rings. The Labute approximate surface area is 181 Å². The number of nitrogens with one attached hydrogen (secondary N) is 2. The van der Waals surface area contributed by atoms with Gasteiger partial charge >= 0.3 is 0 Å². The maximum atomic E-state index is 6.21. The predicted molar refractivity (Wildman–Crippen MR) is 117 cm³/mol. The second-order valence-corrected chi connectivity index (χ2v) is 9.43. The first kappa shape index (κ1) is 18.0. The highest BCUT2D eigenvalue weighted by atomic mass is 16.5. The van der Waals surface area contributed by atoms with E-state index in [0.717, 1.165) is 42.3 Å². The Morgan fingerprint density at radius 1 is 1.10 bits per heavy atom. The van der Waals surface area contributed by atoms with Gasteiger partial charge in [0, 0.05) is 36.9 Å². The van der Waals surface area contributed by atoms with Gasteiger partial charge in [0.1, 0.15) is 30.1 Å². The number of hydrogen-bond donors (Lipinski definition) is 2. The van der Waals surface area contributed by atoms with Crippen molar-refractivity contribution in [2.75, 3.05) is 31.6 Å². The molecule has 0 radical (unpaired) electrons. The molecule has 0 amide bonds. The first-order chi connectivity index (χ1) is 15.3. The molecule has 2 N–H and O–H groups in total. The molecular weight excluding hydrogens is 390 g/mol. The fraction of sp³-hybridized carbons (Fsp3) is 0.500. The lowest BCUT2D eigenvalue weighted by atomic mass is 9.95. The number of para-hydroxylation sites is 1. The second-order valence-electron chi connectivity index (χ2n) is 9.43. The molecule has 7 heteroatoms. The van der Waals surface area contributed by atoms with Crippen molar-refractivity contribution in [3.63, 3.8) is 0 Å². The molecule has 31 heavy (non-hydrogen) atoms. The van der Waals surface area contributed by atoms with Gasteiger partial charge in [0.05, 0.1) is 23.6 Å². The summed E-state index contributed by atoms with van der Waals surface area (Å²) in [6.07, 6.45) is 5.72. The Morgan fingerprint density at radius 3 is 2.94 bits per heavy atom. The lowest BCUT2D eigenvalue weighted by Crippen LogP contribution is -2.48. The molecule has 4 atom stereocenters. The zero-order valence-corrected chi connectivity index (χ0v) is 17.5.